The Balaban J connectivity index is 1.58. The second-order valence-electron chi connectivity index (χ2n) is 5.76. The minimum absolute atomic E-state index is 0.0808. The van der Waals surface area contributed by atoms with Crippen molar-refractivity contribution in [1.82, 2.24) is 10.3 Å². The van der Waals surface area contributed by atoms with Crippen LogP contribution in [-0.2, 0) is 11.3 Å². The molecule has 2 aromatic rings. The van der Waals surface area contributed by atoms with Gasteiger partial charge >= 0.3 is 0 Å². The van der Waals surface area contributed by atoms with Gasteiger partial charge in [-0.05, 0) is 25.3 Å². The van der Waals surface area contributed by atoms with Crippen LogP contribution in [0.4, 0.5) is 0 Å². The summed E-state index contributed by atoms with van der Waals surface area (Å²) in [6.07, 6.45) is 3.14. The molecule has 1 aromatic carbocycles. The lowest BCUT2D eigenvalue weighted by Gasteiger charge is -2.16. The quantitative estimate of drug-likeness (QED) is 0.891. The second kappa shape index (κ2) is 7.03. The maximum absolute atomic E-state index is 12.3. The highest BCUT2D eigenvalue weighted by Crippen LogP contribution is 2.31. The second-order valence-corrected chi connectivity index (χ2v) is 6.62. The molecular weight excluding hydrogens is 294 g/mol. The van der Waals surface area contributed by atoms with E-state index in [0.717, 1.165) is 35.5 Å². The first-order valence-corrected chi connectivity index (χ1v) is 8.63. The number of nitrogens with zero attached hydrogens (tertiary/aromatic N) is 1. The summed E-state index contributed by atoms with van der Waals surface area (Å²) in [4.78, 5) is 16.9. The van der Waals surface area contributed by atoms with Crippen molar-refractivity contribution < 1.29 is 4.79 Å². The van der Waals surface area contributed by atoms with E-state index in [2.05, 4.69) is 10.3 Å². The third-order valence-corrected chi connectivity index (χ3v) is 5.25. The molecule has 116 valence electrons. The Kier molecular flexibility index (Phi) is 4.85. The van der Waals surface area contributed by atoms with E-state index in [1.165, 1.54) is 0 Å². The van der Waals surface area contributed by atoms with Gasteiger partial charge in [0, 0.05) is 16.9 Å². The third kappa shape index (κ3) is 3.36. The topological polar surface area (TPSA) is 68.0 Å². The van der Waals surface area contributed by atoms with Crippen molar-refractivity contribution in [3.63, 3.8) is 0 Å². The highest BCUT2D eigenvalue weighted by atomic mass is 32.1. The van der Waals surface area contributed by atoms with Crippen LogP contribution in [0.1, 0.15) is 25.0 Å². The van der Waals surface area contributed by atoms with Crippen LogP contribution < -0.4 is 11.1 Å². The fourth-order valence-electron chi connectivity index (χ4n) is 3.07. The maximum Gasteiger partial charge on any atom is 0.223 e. The number of aromatic nitrogens is 1. The summed E-state index contributed by atoms with van der Waals surface area (Å²) in [5.41, 5.74) is 7.78. The van der Waals surface area contributed by atoms with E-state index in [1.807, 2.05) is 35.7 Å². The van der Waals surface area contributed by atoms with Crippen molar-refractivity contribution in [2.75, 3.05) is 6.54 Å². The van der Waals surface area contributed by atoms with Crippen molar-refractivity contribution in [3.8, 4) is 10.6 Å². The number of carbonyl (C=O) groups is 1. The number of nitrogens with one attached hydrogen (secondary N) is 1. The molecule has 1 saturated carbocycles. The predicted molar refractivity (Wildman–Crippen MR) is 89.3 cm³/mol. The fourth-order valence-corrected chi connectivity index (χ4v) is 3.90. The number of carbonyl (C=O) groups excluding carboxylic acids is 1. The average molecular weight is 315 g/mol. The lowest BCUT2D eigenvalue weighted by molar-refractivity contribution is -0.126. The van der Waals surface area contributed by atoms with Crippen LogP contribution in [0.25, 0.3) is 10.6 Å². The molecule has 1 heterocycles. The van der Waals surface area contributed by atoms with Gasteiger partial charge in [0.2, 0.25) is 5.91 Å². The van der Waals surface area contributed by atoms with Crippen molar-refractivity contribution >= 4 is 17.2 Å². The van der Waals surface area contributed by atoms with Crippen molar-refractivity contribution in [2.45, 2.75) is 25.8 Å². The molecule has 4 nitrogen and oxygen atoms in total. The average Bonchev–Trinajstić information content (AvgIpc) is 3.22. The standard InChI is InChI=1S/C17H21N3OS/c18-9-13-7-4-8-15(13)16(21)19-10-14-11-22-17(20-14)12-5-2-1-3-6-12/h1-3,5-6,11,13,15H,4,7-10,18H2,(H,19,21)/t13-,15-/m1/s1. The van der Waals surface area contributed by atoms with Crippen LogP contribution in [0.5, 0.6) is 0 Å². The van der Waals surface area contributed by atoms with Gasteiger partial charge in [-0.1, -0.05) is 36.8 Å². The van der Waals surface area contributed by atoms with E-state index in [-0.39, 0.29) is 11.8 Å². The molecule has 22 heavy (non-hydrogen) atoms. The molecule has 1 fully saturated rings. The Morgan fingerprint density at radius 2 is 2.14 bits per heavy atom. The van der Waals surface area contributed by atoms with Crippen LogP contribution in [-0.4, -0.2) is 17.4 Å². The number of nitrogens with two attached hydrogens (primary N) is 1. The van der Waals surface area contributed by atoms with E-state index in [1.54, 1.807) is 11.3 Å². The monoisotopic (exact) mass is 315 g/mol. The molecule has 2 atom stereocenters. The van der Waals surface area contributed by atoms with Gasteiger partial charge in [0.05, 0.1) is 12.2 Å². The molecule has 1 aromatic heterocycles. The number of rotatable bonds is 5. The Hall–Kier alpha value is -1.72. The largest absolute Gasteiger partial charge is 0.350 e. The van der Waals surface area contributed by atoms with E-state index in [9.17, 15) is 4.79 Å². The van der Waals surface area contributed by atoms with Gasteiger partial charge in [0.1, 0.15) is 5.01 Å². The maximum atomic E-state index is 12.3. The summed E-state index contributed by atoms with van der Waals surface area (Å²) in [5.74, 6) is 0.551. The van der Waals surface area contributed by atoms with Crippen molar-refractivity contribution in [1.29, 1.82) is 0 Å². The normalized spacial score (nSPS) is 21.0. The summed E-state index contributed by atoms with van der Waals surface area (Å²) in [7, 11) is 0. The van der Waals surface area contributed by atoms with E-state index >= 15 is 0 Å². The molecule has 1 aliphatic carbocycles. The number of hydrogen-bond donors (Lipinski definition) is 2. The number of amides is 1. The fraction of sp³-hybridized carbons (Fsp3) is 0.412. The SMILES string of the molecule is NC[C@H]1CCC[C@H]1C(=O)NCc1csc(-c2ccccc2)n1. The van der Waals surface area contributed by atoms with Gasteiger partial charge < -0.3 is 11.1 Å². The minimum atomic E-state index is 0.0808. The summed E-state index contributed by atoms with van der Waals surface area (Å²) in [5, 5.41) is 6.02. The van der Waals surface area contributed by atoms with Gasteiger partial charge in [0.15, 0.2) is 0 Å². The van der Waals surface area contributed by atoms with Gasteiger partial charge in [-0.25, -0.2) is 4.98 Å². The lowest BCUT2D eigenvalue weighted by Crippen LogP contribution is -2.34. The molecule has 1 aliphatic rings. The first-order chi connectivity index (χ1) is 10.8. The Morgan fingerprint density at radius 3 is 2.91 bits per heavy atom. The van der Waals surface area contributed by atoms with Crippen LogP contribution in [0.15, 0.2) is 35.7 Å². The smallest absolute Gasteiger partial charge is 0.223 e. The first kappa shape index (κ1) is 15.2. The summed E-state index contributed by atoms with van der Waals surface area (Å²) in [6.45, 7) is 1.10. The van der Waals surface area contributed by atoms with E-state index < -0.39 is 0 Å². The lowest BCUT2D eigenvalue weighted by atomic mass is 9.95. The summed E-state index contributed by atoms with van der Waals surface area (Å²) in [6, 6.07) is 10.1. The summed E-state index contributed by atoms with van der Waals surface area (Å²) < 4.78 is 0. The molecular formula is C17H21N3OS. The zero-order chi connectivity index (χ0) is 15.4. The number of thiazole rings is 1. The highest BCUT2D eigenvalue weighted by Gasteiger charge is 2.31. The van der Waals surface area contributed by atoms with Gasteiger partial charge in [-0.15, -0.1) is 11.3 Å². The predicted octanol–water partition coefficient (Wildman–Crippen LogP) is 2.80. The Morgan fingerprint density at radius 1 is 1.32 bits per heavy atom. The molecule has 0 spiro atoms. The van der Waals surface area contributed by atoms with Crippen molar-refractivity contribution in [2.24, 2.45) is 17.6 Å². The van der Waals surface area contributed by atoms with Crippen LogP contribution >= 0.6 is 11.3 Å². The molecule has 3 N–H and O–H groups in total. The zero-order valence-electron chi connectivity index (χ0n) is 12.5. The molecule has 0 bridgehead atoms. The Labute approximate surface area is 134 Å². The minimum Gasteiger partial charge on any atom is -0.350 e. The number of benzene rings is 1. The summed E-state index contributed by atoms with van der Waals surface area (Å²) >= 11 is 1.61. The van der Waals surface area contributed by atoms with Crippen LogP contribution in [0, 0.1) is 11.8 Å². The molecule has 0 aliphatic heterocycles. The zero-order valence-corrected chi connectivity index (χ0v) is 13.3. The molecule has 3 rings (SSSR count). The van der Waals surface area contributed by atoms with Crippen LogP contribution in [0.2, 0.25) is 0 Å². The molecule has 0 radical (unpaired) electrons. The van der Waals surface area contributed by atoms with Gasteiger partial charge in [-0.3, -0.25) is 4.79 Å². The molecule has 0 saturated heterocycles. The van der Waals surface area contributed by atoms with E-state index in [4.69, 9.17) is 5.73 Å². The van der Waals surface area contributed by atoms with Crippen molar-refractivity contribution in [3.05, 3.63) is 41.4 Å². The third-order valence-electron chi connectivity index (χ3n) is 4.31. The number of hydrogen-bond acceptors (Lipinski definition) is 4. The van der Waals surface area contributed by atoms with Gasteiger partial charge in [-0.2, -0.15) is 0 Å². The highest BCUT2D eigenvalue weighted by molar-refractivity contribution is 7.13. The van der Waals surface area contributed by atoms with E-state index in [0.29, 0.717) is 19.0 Å². The molecule has 0 unspecified atom stereocenters. The Bertz CT molecular complexity index is 626. The van der Waals surface area contributed by atoms with Crippen LogP contribution in [0.3, 0.4) is 0 Å². The first-order valence-electron chi connectivity index (χ1n) is 7.75. The van der Waals surface area contributed by atoms with Gasteiger partial charge in [0.25, 0.3) is 0 Å². The molecule has 1 amide bonds. The molecule has 5 heteroatoms.